The number of aryl methyl sites for hydroxylation is 2. The van der Waals surface area contributed by atoms with Gasteiger partial charge in [0.2, 0.25) is 11.8 Å². The molecule has 29 heteroatoms. The number of benzene rings is 7. The highest BCUT2D eigenvalue weighted by Gasteiger charge is 2.51. The SMILES string of the molecule is CC(C)[C@@H](NC(=O)c1cc2ccccc2s1)c1ccc(C(=O)NO)cc1.CC(NC(=O)C1CCCCCC1)c1ccc(C(=O)NO)cc1.CC(NC(=O)CC12CC3CC(CC(C3)C1)C2)c1ccc(C(=O)NO)cc1.CC(NC(=O)NCCc1ccccc1)c1ccc(C(=O)NO)cc1.Cn1nc2c(c1C(=O)NC(c1ccc(C(=O)NO)cc1)C(C)(C)C)CCCC2. The van der Waals surface area contributed by atoms with Crippen LogP contribution in [0.4, 0.5) is 4.79 Å². The van der Waals surface area contributed by atoms with Gasteiger partial charge in [-0.1, -0.05) is 169 Å². The lowest BCUT2D eigenvalue weighted by atomic mass is 9.49. The molecule has 4 unspecified atom stereocenters. The normalized spacial score (nSPS) is 17.8. The molecule has 5 saturated carbocycles. The van der Waals surface area contributed by atoms with Crippen molar-refractivity contribution >= 4 is 80.6 Å². The number of fused-ring (bicyclic) bond motifs is 2. The first kappa shape index (κ1) is 96.2. The molecule has 0 spiro atoms. The van der Waals surface area contributed by atoms with E-state index < -0.39 is 29.5 Å². The number of hydroxylamine groups is 5. The minimum absolute atomic E-state index is 0.0948. The number of carbonyl (C=O) groups excluding carboxylic acids is 10. The number of aromatic nitrogens is 2. The minimum atomic E-state index is -0.569. The van der Waals surface area contributed by atoms with Gasteiger partial charge < -0.3 is 31.9 Å². The monoisotopic (exact) mass is 1740 g/mol. The summed E-state index contributed by atoms with van der Waals surface area (Å²) >= 11 is 1.47. The van der Waals surface area contributed by atoms with Gasteiger partial charge in [-0.05, 0) is 250 Å². The van der Waals surface area contributed by atoms with Crippen LogP contribution in [0.15, 0.2) is 182 Å². The van der Waals surface area contributed by atoms with E-state index >= 15 is 0 Å². The van der Waals surface area contributed by atoms with Crippen LogP contribution in [0, 0.1) is 40.4 Å². The first-order chi connectivity index (χ1) is 60.4. The van der Waals surface area contributed by atoms with Crippen molar-refractivity contribution in [1.82, 2.24) is 69.1 Å². The summed E-state index contributed by atoms with van der Waals surface area (Å²) in [5.74, 6) is 0.148. The van der Waals surface area contributed by atoms with E-state index in [2.05, 4.69) is 57.8 Å². The third-order valence-corrected chi connectivity index (χ3v) is 25.5. The summed E-state index contributed by atoms with van der Waals surface area (Å²) in [6.07, 6.45) is 20.0. The van der Waals surface area contributed by atoms with Crippen molar-refractivity contribution in [3.05, 3.63) is 265 Å². The lowest BCUT2D eigenvalue weighted by Gasteiger charge is -2.56. The summed E-state index contributed by atoms with van der Waals surface area (Å²) in [6, 6.07) is 52.9. The van der Waals surface area contributed by atoms with Gasteiger partial charge in [-0.3, -0.25) is 73.9 Å². The number of nitrogens with zero attached hydrogens (tertiary/aromatic N) is 2. The quantitative estimate of drug-likeness (QED) is 0.0152. The molecule has 6 aliphatic carbocycles. The molecular weight excluding hydrogens is 1620 g/mol. The van der Waals surface area contributed by atoms with E-state index in [4.69, 9.17) is 26.0 Å². The van der Waals surface area contributed by atoms with Crippen molar-refractivity contribution in [2.24, 2.45) is 47.5 Å². The van der Waals surface area contributed by atoms with Gasteiger partial charge in [0.1, 0.15) is 5.69 Å². The molecule has 28 nitrogen and oxygen atoms in total. The van der Waals surface area contributed by atoms with Gasteiger partial charge in [0, 0.05) is 64.0 Å². The van der Waals surface area contributed by atoms with E-state index in [1.807, 2.05) is 114 Å². The first-order valence-corrected chi connectivity index (χ1v) is 44.3. The Morgan fingerprint density at radius 3 is 1.35 bits per heavy atom. The number of thiophene rings is 1. The predicted octanol–water partition coefficient (Wildman–Crippen LogP) is 16.0. The van der Waals surface area contributed by atoms with Crippen LogP contribution in [0.25, 0.3) is 10.1 Å². The molecule has 670 valence electrons. The van der Waals surface area contributed by atoms with E-state index in [1.54, 1.807) is 141 Å². The summed E-state index contributed by atoms with van der Waals surface area (Å²) in [7, 11) is 1.82. The van der Waals surface area contributed by atoms with Crippen LogP contribution >= 0.6 is 11.3 Å². The highest BCUT2D eigenvalue weighted by Crippen LogP contribution is 2.61. The molecule has 7 aromatic carbocycles. The molecule has 5 atom stereocenters. The fourth-order valence-electron chi connectivity index (χ4n) is 18.1. The van der Waals surface area contributed by atoms with Gasteiger partial charge in [0.25, 0.3) is 41.4 Å². The Hall–Kier alpha value is -12.0. The Labute approximate surface area is 739 Å². The summed E-state index contributed by atoms with van der Waals surface area (Å²) in [4.78, 5) is 121. The molecular formula is C97H121N13O15S. The zero-order chi connectivity index (χ0) is 90.8. The zero-order valence-electron chi connectivity index (χ0n) is 73.2. The lowest BCUT2D eigenvalue weighted by molar-refractivity contribution is -0.130. The average Bonchev–Trinajstić information content (AvgIpc) is 0.906. The zero-order valence-corrected chi connectivity index (χ0v) is 74.0. The standard InChI is InChI=1S/C21H28N4O3.C21H28N2O3.C20H20N2O3S.C18H21N3O3.C17H24N2O3/c1-21(2,3)18(13-9-11-14(12-10-13)19(26)24-28)22-20(27)17-15-7-5-6-8-16(15)23-25(17)4;1-13(17-2-4-18(5-3-17)20(25)23-26)22-19(24)12-21-9-14-6-15(10-21)8-16(7-14)11-21;1-12(2)18(13-7-9-14(10-8-13)19(23)22-25)21-20(24)17-11-15-5-3-4-6-16(15)26-17;1-13(15-7-9-16(10-8-15)17(22)21-24)20-18(23)19-12-11-14-5-3-2-4-6-14;1-12(13-8-10-15(11-9-13)17(21)19-22)18-16(20)14-6-4-2-3-5-7-14/h9-12,18,28H,5-8H2,1-4H3,(H,22,27)(H,24,26);2-5,13-16,26H,6-12H2,1H3,(H,22,24)(H,23,25);3-12,18,25H,1-2H3,(H,21,24)(H,22,23);2-10,13,24H,11-12H2,1H3,(H,21,22)(H2,19,20,23);8-12,14,22H,2-7H2,1H3,(H,18,20)(H,19,21)/t;;18-;;/m..1../s1. The van der Waals surface area contributed by atoms with Crippen molar-refractivity contribution in [3.63, 3.8) is 0 Å². The summed E-state index contributed by atoms with van der Waals surface area (Å²) in [5.41, 5.74) is 18.4. The second-order valence-corrected chi connectivity index (χ2v) is 36.3. The van der Waals surface area contributed by atoms with E-state index in [9.17, 15) is 47.9 Å². The molecule has 4 bridgehead atoms. The largest absolute Gasteiger partial charge is 0.350 e. The number of urea groups is 1. The molecule has 16 N–H and O–H groups in total. The molecule has 6 aliphatic rings. The summed E-state index contributed by atoms with van der Waals surface area (Å²) < 4.78 is 2.78. The minimum Gasteiger partial charge on any atom is -0.350 e. The van der Waals surface area contributed by atoms with Gasteiger partial charge in [0.05, 0.1) is 40.8 Å². The Kier molecular flexibility index (Phi) is 35.0. The number of hydrogen-bond donors (Lipinski definition) is 16. The number of rotatable bonds is 24. The van der Waals surface area contributed by atoms with Crippen LogP contribution in [0.2, 0.25) is 0 Å². The topological polar surface area (TPSA) is 422 Å². The third kappa shape index (κ3) is 26.8. The molecule has 2 aromatic heterocycles. The molecule has 0 aliphatic heterocycles. The first-order valence-electron chi connectivity index (χ1n) is 43.4. The van der Waals surface area contributed by atoms with Crippen LogP contribution in [0.3, 0.4) is 0 Å². The van der Waals surface area contributed by atoms with Gasteiger partial charge >= 0.3 is 6.03 Å². The van der Waals surface area contributed by atoms with Crippen molar-refractivity contribution in [2.45, 2.75) is 201 Å². The Morgan fingerprint density at radius 2 is 0.897 bits per heavy atom. The van der Waals surface area contributed by atoms with Crippen molar-refractivity contribution in [2.75, 3.05) is 6.54 Å². The maximum absolute atomic E-state index is 13.2. The van der Waals surface area contributed by atoms with Gasteiger partial charge in [0.15, 0.2) is 0 Å². The van der Waals surface area contributed by atoms with Crippen LogP contribution < -0.4 is 59.3 Å². The molecule has 2 heterocycles. The molecule has 126 heavy (non-hydrogen) atoms. The van der Waals surface area contributed by atoms with Crippen LogP contribution in [0.5, 0.6) is 0 Å². The average molecular weight is 1740 g/mol. The Morgan fingerprint density at radius 1 is 0.468 bits per heavy atom. The highest BCUT2D eigenvalue weighted by atomic mass is 32.1. The number of nitrogens with one attached hydrogen (secondary N) is 11. The second-order valence-electron chi connectivity index (χ2n) is 35.2. The molecule has 9 aromatic rings. The fourth-order valence-corrected chi connectivity index (χ4v) is 19.1. The van der Waals surface area contributed by atoms with Gasteiger partial charge in [-0.15, -0.1) is 11.3 Å². The molecule has 15 rings (SSSR count). The summed E-state index contributed by atoms with van der Waals surface area (Å²) in [5, 5.41) is 67.1. The molecule has 11 amide bonds. The van der Waals surface area contributed by atoms with Crippen LogP contribution in [-0.2, 0) is 35.9 Å². The van der Waals surface area contributed by atoms with Crippen LogP contribution in [0.1, 0.15) is 298 Å². The Balaban J connectivity index is 0.000000165. The maximum Gasteiger partial charge on any atom is 0.315 e. The van der Waals surface area contributed by atoms with Gasteiger partial charge in [-0.2, -0.15) is 5.10 Å². The Bertz CT molecular complexity index is 5100. The third-order valence-electron chi connectivity index (χ3n) is 24.4. The smallest absolute Gasteiger partial charge is 0.315 e. The van der Waals surface area contributed by atoms with E-state index in [0.717, 1.165) is 125 Å². The maximum atomic E-state index is 13.2. The highest BCUT2D eigenvalue weighted by molar-refractivity contribution is 7.20. The number of amides is 11. The lowest BCUT2D eigenvalue weighted by Crippen LogP contribution is -2.48. The van der Waals surface area contributed by atoms with E-state index in [0.29, 0.717) is 51.4 Å². The number of carbonyl (C=O) groups is 10. The van der Waals surface area contributed by atoms with Crippen molar-refractivity contribution in [1.29, 1.82) is 0 Å². The molecule has 0 radical (unpaired) electrons. The second kappa shape index (κ2) is 45.8. The fraction of sp³-hybridized carbons (Fsp3) is 0.412. The van der Waals surface area contributed by atoms with Crippen molar-refractivity contribution in [3.8, 4) is 0 Å². The molecule has 5 fully saturated rings. The van der Waals surface area contributed by atoms with E-state index in [1.165, 1.54) is 68.3 Å². The predicted molar refractivity (Wildman–Crippen MR) is 479 cm³/mol. The van der Waals surface area contributed by atoms with E-state index in [-0.39, 0.29) is 82.5 Å². The van der Waals surface area contributed by atoms with Crippen molar-refractivity contribution < 1.29 is 74.0 Å². The summed E-state index contributed by atoms with van der Waals surface area (Å²) in [6.45, 7) is 16.6. The van der Waals surface area contributed by atoms with Gasteiger partial charge in [-0.25, -0.2) is 32.2 Å². The number of hydrogen-bond acceptors (Lipinski definition) is 17. The molecule has 0 saturated heterocycles. The van der Waals surface area contributed by atoms with Crippen LogP contribution in [-0.4, -0.2) is 102 Å².